The van der Waals surface area contributed by atoms with Crippen molar-refractivity contribution in [3.8, 4) is 0 Å². The van der Waals surface area contributed by atoms with Crippen molar-refractivity contribution in [1.82, 2.24) is 20.4 Å². The highest BCUT2D eigenvalue weighted by molar-refractivity contribution is 6.24. The first-order valence-electron chi connectivity index (χ1n) is 11.3. The fourth-order valence-electron chi connectivity index (χ4n) is 5.39. The van der Waals surface area contributed by atoms with Gasteiger partial charge in [-0.1, -0.05) is 18.6 Å². The maximum atomic E-state index is 13.3. The lowest BCUT2D eigenvalue weighted by atomic mass is 9.84. The number of carbonyl (C=O) groups is 4. The first kappa shape index (κ1) is 20.3. The molecule has 164 valence electrons. The summed E-state index contributed by atoms with van der Waals surface area (Å²) in [6.07, 6.45) is 3.92. The molecule has 1 aromatic carbocycles. The number of likely N-dealkylation sites (tertiary alicyclic amines) is 1. The van der Waals surface area contributed by atoms with E-state index in [-0.39, 0.29) is 18.7 Å². The van der Waals surface area contributed by atoms with E-state index in [9.17, 15) is 19.2 Å². The highest BCUT2D eigenvalue weighted by Crippen LogP contribution is 2.32. The number of hydrogen-bond acceptors (Lipinski definition) is 6. The summed E-state index contributed by atoms with van der Waals surface area (Å²) in [7, 11) is 0. The zero-order valence-corrected chi connectivity index (χ0v) is 17.6. The van der Waals surface area contributed by atoms with Crippen LogP contribution < -0.4 is 10.6 Å². The van der Waals surface area contributed by atoms with Crippen LogP contribution in [0.25, 0.3) is 0 Å². The average Bonchev–Trinajstić information content (AvgIpc) is 2.83. The minimum absolute atomic E-state index is 0.127. The molecule has 0 aromatic heterocycles. The fraction of sp³-hybridized carbons (Fsp3) is 0.565. The van der Waals surface area contributed by atoms with E-state index in [2.05, 4.69) is 15.5 Å². The van der Waals surface area contributed by atoms with Gasteiger partial charge in [-0.2, -0.15) is 0 Å². The number of piperidine rings is 1. The molecule has 0 spiro atoms. The van der Waals surface area contributed by atoms with Crippen molar-refractivity contribution < 1.29 is 19.2 Å². The third kappa shape index (κ3) is 3.68. The Bertz CT molecular complexity index is 942. The molecule has 1 aromatic rings. The zero-order chi connectivity index (χ0) is 21.5. The molecule has 8 heteroatoms. The third-order valence-corrected chi connectivity index (χ3v) is 7.22. The molecule has 3 saturated heterocycles. The van der Waals surface area contributed by atoms with Crippen LogP contribution in [0.4, 0.5) is 0 Å². The van der Waals surface area contributed by atoms with E-state index in [0.717, 1.165) is 49.0 Å². The topological polar surface area (TPSA) is 98.8 Å². The number of nitrogens with one attached hydrogen (secondary N) is 2. The summed E-state index contributed by atoms with van der Waals surface area (Å²) < 4.78 is 0. The van der Waals surface area contributed by atoms with Crippen molar-refractivity contribution in [2.45, 2.75) is 44.7 Å². The van der Waals surface area contributed by atoms with Gasteiger partial charge in [0, 0.05) is 19.5 Å². The van der Waals surface area contributed by atoms with Crippen LogP contribution in [0, 0.1) is 11.8 Å². The summed E-state index contributed by atoms with van der Waals surface area (Å²) in [6, 6.07) is 4.48. The highest BCUT2D eigenvalue weighted by Gasteiger charge is 2.45. The van der Waals surface area contributed by atoms with Gasteiger partial charge in [0.1, 0.15) is 6.04 Å². The molecule has 5 rings (SSSR count). The molecule has 4 amide bonds. The quantitative estimate of drug-likeness (QED) is 0.697. The number of carbonyl (C=O) groups excluding carboxylic acids is 4. The Morgan fingerprint density at radius 1 is 0.968 bits per heavy atom. The molecule has 3 fully saturated rings. The second-order valence-corrected chi connectivity index (χ2v) is 9.20. The Morgan fingerprint density at radius 2 is 1.81 bits per heavy atom. The SMILES string of the molecule is O=C1CCC(N2C(=O)c3cccc(CN4CCCCC(C5CNC5)C4)c3C2=O)C(=O)N1. The van der Waals surface area contributed by atoms with E-state index in [0.29, 0.717) is 23.6 Å². The fourth-order valence-corrected chi connectivity index (χ4v) is 5.39. The number of benzene rings is 1. The second-order valence-electron chi connectivity index (χ2n) is 9.20. The van der Waals surface area contributed by atoms with Crippen LogP contribution in [0.5, 0.6) is 0 Å². The Labute approximate surface area is 181 Å². The molecule has 0 radical (unpaired) electrons. The maximum Gasteiger partial charge on any atom is 0.262 e. The van der Waals surface area contributed by atoms with Crippen LogP contribution in [0.1, 0.15) is 58.4 Å². The largest absolute Gasteiger partial charge is 0.316 e. The molecule has 4 aliphatic heterocycles. The summed E-state index contributed by atoms with van der Waals surface area (Å²) in [5, 5.41) is 5.62. The van der Waals surface area contributed by atoms with Crippen molar-refractivity contribution in [3.63, 3.8) is 0 Å². The number of nitrogens with zero attached hydrogens (tertiary/aromatic N) is 2. The predicted molar refractivity (Wildman–Crippen MR) is 112 cm³/mol. The third-order valence-electron chi connectivity index (χ3n) is 7.22. The minimum atomic E-state index is -0.924. The van der Waals surface area contributed by atoms with E-state index in [1.54, 1.807) is 6.07 Å². The van der Waals surface area contributed by atoms with E-state index < -0.39 is 23.8 Å². The average molecular weight is 425 g/mol. The molecule has 2 N–H and O–H groups in total. The van der Waals surface area contributed by atoms with Crippen molar-refractivity contribution in [1.29, 1.82) is 0 Å². The summed E-state index contributed by atoms with van der Waals surface area (Å²) >= 11 is 0. The van der Waals surface area contributed by atoms with E-state index in [4.69, 9.17) is 0 Å². The molecule has 0 saturated carbocycles. The monoisotopic (exact) mass is 424 g/mol. The molecule has 2 atom stereocenters. The number of hydrogen-bond donors (Lipinski definition) is 2. The van der Waals surface area contributed by atoms with E-state index in [1.807, 2.05) is 12.1 Å². The Kier molecular flexibility index (Phi) is 5.35. The Hall–Kier alpha value is -2.58. The summed E-state index contributed by atoms with van der Waals surface area (Å²) in [5.74, 6) is -0.399. The number of fused-ring (bicyclic) bond motifs is 1. The van der Waals surface area contributed by atoms with Gasteiger partial charge in [-0.05, 0) is 62.4 Å². The molecule has 31 heavy (non-hydrogen) atoms. The van der Waals surface area contributed by atoms with E-state index >= 15 is 0 Å². The maximum absolute atomic E-state index is 13.3. The van der Waals surface area contributed by atoms with Gasteiger partial charge in [-0.3, -0.25) is 34.3 Å². The van der Waals surface area contributed by atoms with Crippen molar-refractivity contribution in [2.24, 2.45) is 11.8 Å². The van der Waals surface area contributed by atoms with Crippen LogP contribution in [-0.2, 0) is 16.1 Å². The zero-order valence-electron chi connectivity index (χ0n) is 17.6. The van der Waals surface area contributed by atoms with Gasteiger partial charge in [0.15, 0.2) is 0 Å². The van der Waals surface area contributed by atoms with Gasteiger partial charge in [0.25, 0.3) is 11.8 Å². The van der Waals surface area contributed by atoms with Crippen LogP contribution in [0.15, 0.2) is 18.2 Å². The molecule has 4 aliphatic rings. The number of amides is 4. The highest BCUT2D eigenvalue weighted by atomic mass is 16.2. The first-order valence-corrected chi connectivity index (χ1v) is 11.3. The van der Waals surface area contributed by atoms with E-state index in [1.165, 1.54) is 12.8 Å². The lowest BCUT2D eigenvalue weighted by Crippen LogP contribution is -2.54. The summed E-state index contributed by atoms with van der Waals surface area (Å²) in [5.41, 5.74) is 1.63. The van der Waals surface area contributed by atoms with Crippen LogP contribution in [0.3, 0.4) is 0 Å². The molecule has 0 aliphatic carbocycles. The normalized spacial score (nSPS) is 27.7. The molecular weight excluding hydrogens is 396 g/mol. The second kappa shape index (κ2) is 8.16. The summed E-state index contributed by atoms with van der Waals surface area (Å²) in [4.78, 5) is 53.6. The number of imide groups is 2. The van der Waals surface area contributed by atoms with Crippen LogP contribution >= 0.6 is 0 Å². The van der Waals surface area contributed by atoms with Crippen molar-refractivity contribution >= 4 is 23.6 Å². The molecule has 4 heterocycles. The standard InChI is InChI=1S/C23H28N4O4/c28-19-8-7-18(21(29)25-19)27-22(30)17-6-3-5-15(20(17)23(27)31)13-26-9-2-1-4-14(12-26)16-10-24-11-16/h3,5-6,14,16,18,24H,1-2,4,7-13H2,(H,25,28,29). The van der Waals surface area contributed by atoms with Crippen molar-refractivity contribution in [2.75, 3.05) is 26.2 Å². The minimum Gasteiger partial charge on any atom is -0.316 e. The first-order chi connectivity index (χ1) is 15.0. The predicted octanol–water partition coefficient (Wildman–Crippen LogP) is 0.909. The lowest BCUT2D eigenvalue weighted by molar-refractivity contribution is -0.136. The van der Waals surface area contributed by atoms with Gasteiger partial charge >= 0.3 is 0 Å². The lowest BCUT2D eigenvalue weighted by Gasteiger charge is -2.36. The Morgan fingerprint density at radius 3 is 2.55 bits per heavy atom. The molecule has 8 nitrogen and oxygen atoms in total. The molecule has 0 bridgehead atoms. The van der Waals surface area contributed by atoms with Gasteiger partial charge in [0.2, 0.25) is 11.8 Å². The van der Waals surface area contributed by atoms with Gasteiger partial charge in [0.05, 0.1) is 11.1 Å². The van der Waals surface area contributed by atoms with Gasteiger partial charge in [-0.15, -0.1) is 0 Å². The molecular formula is C23H28N4O4. The van der Waals surface area contributed by atoms with Gasteiger partial charge < -0.3 is 5.32 Å². The summed E-state index contributed by atoms with van der Waals surface area (Å²) in [6.45, 7) is 4.80. The van der Waals surface area contributed by atoms with Crippen molar-refractivity contribution in [3.05, 3.63) is 34.9 Å². The van der Waals surface area contributed by atoms with Gasteiger partial charge in [-0.25, -0.2) is 0 Å². The Balaban J connectivity index is 1.38. The smallest absolute Gasteiger partial charge is 0.262 e. The molecule has 2 unspecified atom stereocenters. The van der Waals surface area contributed by atoms with Crippen LogP contribution in [-0.4, -0.2) is 65.6 Å². The van der Waals surface area contributed by atoms with Crippen LogP contribution in [0.2, 0.25) is 0 Å². The number of rotatable bonds is 4.